The molecule has 2 heteroatoms. The number of hydrogen-bond acceptors (Lipinski definition) is 2. The molecule has 0 fully saturated rings. The van der Waals surface area contributed by atoms with Crippen molar-refractivity contribution >= 4 is 11.9 Å². The molecule has 0 aliphatic heterocycles. The van der Waals surface area contributed by atoms with Crippen LogP contribution in [0.5, 0.6) is 5.75 Å². The van der Waals surface area contributed by atoms with Crippen molar-refractivity contribution in [2.45, 2.75) is 13.8 Å². The Morgan fingerprint density at radius 1 is 0.889 bits per heavy atom. The topological polar surface area (TPSA) is 21.6 Å². The number of aliphatic imine (C=N–C) groups is 1. The lowest BCUT2D eigenvalue weighted by Crippen LogP contribution is -1.81. The van der Waals surface area contributed by atoms with Gasteiger partial charge in [0.25, 0.3) is 0 Å². The van der Waals surface area contributed by atoms with Gasteiger partial charge in [-0.2, -0.15) is 0 Å². The van der Waals surface area contributed by atoms with Crippen LogP contribution < -0.4 is 4.74 Å². The molecule has 0 saturated carbocycles. The molecular weight excluding hydrogens is 222 g/mol. The maximum Gasteiger partial charge on any atom is 0.119 e. The Morgan fingerprint density at radius 2 is 1.50 bits per heavy atom. The van der Waals surface area contributed by atoms with Gasteiger partial charge in [-0.1, -0.05) is 44.2 Å². The second-order valence-corrected chi connectivity index (χ2v) is 3.37. The molecule has 0 radical (unpaired) electrons. The van der Waals surface area contributed by atoms with Crippen molar-refractivity contribution in [1.82, 2.24) is 0 Å². The summed E-state index contributed by atoms with van der Waals surface area (Å²) < 4.78 is 5.08. The normalized spacial score (nSPS) is 9.72. The zero-order chi connectivity index (χ0) is 13.2. The average molecular weight is 241 g/mol. The van der Waals surface area contributed by atoms with Crippen molar-refractivity contribution in [3.63, 3.8) is 0 Å². The van der Waals surface area contributed by atoms with Crippen LogP contribution >= 0.6 is 0 Å². The molecule has 0 heterocycles. The van der Waals surface area contributed by atoms with Crippen LogP contribution in [0.15, 0.2) is 59.6 Å². The summed E-state index contributed by atoms with van der Waals surface area (Å²) in [7, 11) is 1.66. The van der Waals surface area contributed by atoms with E-state index in [0.717, 1.165) is 17.0 Å². The molecule has 0 aliphatic carbocycles. The standard InChI is InChI=1S/C14H13NO.C2H6/c1-16-14-9-7-13(8-10-14)15-11-12-5-3-2-4-6-12;1-2/h2-11H,1H3;1-2H3. The largest absolute Gasteiger partial charge is 0.497 e. The van der Waals surface area contributed by atoms with Crippen LogP contribution in [-0.2, 0) is 0 Å². The molecule has 0 unspecified atom stereocenters. The van der Waals surface area contributed by atoms with Gasteiger partial charge in [-0.15, -0.1) is 0 Å². The van der Waals surface area contributed by atoms with Gasteiger partial charge in [0, 0.05) is 6.21 Å². The van der Waals surface area contributed by atoms with Gasteiger partial charge >= 0.3 is 0 Å². The third-order valence-electron chi connectivity index (χ3n) is 2.23. The van der Waals surface area contributed by atoms with Crippen molar-refractivity contribution in [3.8, 4) is 5.75 Å². The highest BCUT2D eigenvalue weighted by molar-refractivity contribution is 5.81. The molecule has 2 aromatic carbocycles. The molecule has 0 atom stereocenters. The second-order valence-electron chi connectivity index (χ2n) is 3.37. The van der Waals surface area contributed by atoms with E-state index in [-0.39, 0.29) is 0 Å². The first-order chi connectivity index (χ1) is 8.88. The number of hydrogen-bond donors (Lipinski definition) is 0. The minimum absolute atomic E-state index is 0.846. The first kappa shape index (κ1) is 14.0. The van der Waals surface area contributed by atoms with E-state index < -0.39 is 0 Å². The lowest BCUT2D eigenvalue weighted by atomic mass is 10.2. The molecule has 0 bridgehead atoms. The van der Waals surface area contributed by atoms with E-state index in [1.807, 2.05) is 74.7 Å². The maximum atomic E-state index is 5.08. The number of nitrogens with zero attached hydrogens (tertiary/aromatic N) is 1. The van der Waals surface area contributed by atoms with E-state index in [9.17, 15) is 0 Å². The summed E-state index contributed by atoms with van der Waals surface area (Å²) in [5.41, 5.74) is 2.02. The third kappa shape index (κ3) is 4.42. The molecular formula is C16H19NO. The van der Waals surface area contributed by atoms with Crippen molar-refractivity contribution in [3.05, 3.63) is 60.2 Å². The number of ether oxygens (including phenoxy) is 1. The predicted octanol–water partition coefficient (Wildman–Crippen LogP) is 4.47. The quantitative estimate of drug-likeness (QED) is 0.726. The predicted molar refractivity (Wildman–Crippen MR) is 78.0 cm³/mol. The second kappa shape index (κ2) is 8.07. The van der Waals surface area contributed by atoms with Crippen molar-refractivity contribution in [2.24, 2.45) is 4.99 Å². The van der Waals surface area contributed by atoms with Crippen LogP contribution in [-0.4, -0.2) is 13.3 Å². The fourth-order valence-corrected chi connectivity index (χ4v) is 1.36. The number of rotatable bonds is 3. The lowest BCUT2D eigenvalue weighted by Gasteiger charge is -1.98. The van der Waals surface area contributed by atoms with Gasteiger partial charge in [0.05, 0.1) is 12.8 Å². The van der Waals surface area contributed by atoms with Crippen molar-refractivity contribution in [1.29, 1.82) is 0 Å². The Balaban J connectivity index is 0.000000771. The summed E-state index contributed by atoms with van der Waals surface area (Å²) >= 11 is 0. The van der Waals surface area contributed by atoms with Crippen LogP contribution in [0, 0.1) is 0 Å². The van der Waals surface area contributed by atoms with Crippen LogP contribution in [0.4, 0.5) is 5.69 Å². The van der Waals surface area contributed by atoms with Crippen LogP contribution in [0.3, 0.4) is 0 Å². The van der Waals surface area contributed by atoms with Crippen LogP contribution in [0.1, 0.15) is 19.4 Å². The maximum absolute atomic E-state index is 5.08. The van der Waals surface area contributed by atoms with Crippen LogP contribution in [0.2, 0.25) is 0 Å². The highest BCUT2D eigenvalue weighted by atomic mass is 16.5. The fourth-order valence-electron chi connectivity index (χ4n) is 1.36. The Hall–Kier alpha value is -2.09. The first-order valence-corrected chi connectivity index (χ1v) is 6.11. The monoisotopic (exact) mass is 241 g/mol. The van der Waals surface area contributed by atoms with Crippen molar-refractivity contribution < 1.29 is 4.74 Å². The molecule has 2 nitrogen and oxygen atoms in total. The highest BCUT2D eigenvalue weighted by Gasteiger charge is 1.90. The Labute approximate surface area is 109 Å². The van der Waals surface area contributed by atoms with Gasteiger partial charge in [0.2, 0.25) is 0 Å². The van der Waals surface area contributed by atoms with Gasteiger partial charge in [0.15, 0.2) is 0 Å². The van der Waals surface area contributed by atoms with Gasteiger partial charge < -0.3 is 4.74 Å². The molecule has 2 rings (SSSR count). The van der Waals surface area contributed by atoms with E-state index in [2.05, 4.69) is 4.99 Å². The minimum Gasteiger partial charge on any atom is -0.497 e. The molecule has 0 aliphatic rings. The third-order valence-corrected chi connectivity index (χ3v) is 2.23. The average Bonchev–Trinajstić information content (AvgIpc) is 2.49. The van der Waals surface area contributed by atoms with Gasteiger partial charge in [-0.05, 0) is 29.8 Å². The molecule has 2 aromatic rings. The molecule has 18 heavy (non-hydrogen) atoms. The molecule has 0 N–H and O–H groups in total. The summed E-state index contributed by atoms with van der Waals surface area (Å²) in [5.74, 6) is 0.846. The molecule has 0 spiro atoms. The van der Waals surface area contributed by atoms with E-state index in [1.165, 1.54) is 0 Å². The van der Waals surface area contributed by atoms with E-state index in [0.29, 0.717) is 0 Å². The van der Waals surface area contributed by atoms with Crippen LogP contribution in [0.25, 0.3) is 0 Å². The summed E-state index contributed by atoms with van der Waals surface area (Å²) in [5, 5.41) is 0. The van der Waals surface area contributed by atoms with Gasteiger partial charge in [-0.25, -0.2) is 0 Å². The zero-order valence-corrected chi connectivity index (χ0v) is 11.1. The zero-order valence-electron chi connectivity index (χ0n) is 11.1. The Kier molecular flexibility index (Phi) is 6.26. The smallest absolute Gasteiger partial charge is 0.119 e. The SMILES string of the molecule is CC.COc1ccc(N=Cc2ccccc2)cc1. The number of benzene rings is 2. The number of methoxy groups -OCH3 is 1. The summed E-state index contributed by atoms with van der Waals surface area (Å²) in [6.45, 7) is 4.00. The summed E-state index contributed by atoms with van der Waals surface area (Å²) in [6, 6.07) is 17.7. The highest BCUT2D eigenvalue weighted by Crippen LogP contribution is 2.17. The Bertz CT molecular complexity index is 460. The minimum atomic E-state index is 0.846. The molecule has 0 saturated heterocycles. The fraction of sp³-hybridized carbons (Fsp3) is 0.188. The molecule has 0 aromatic heterocycles. The summed E-state index contributed by atoms with van der Waals surface area (Å²) in [4.78, 5) is 4.37. The molecule has 0 amide bonds. The lowest BCUT2D eigenvalue weighted by molar-refractivity contribution is 0.415. The van der Waals surface area contributed by atoms with Gasteiger partial charge in [0.1, 0.15) is 5.75 Å². The van der Waals surface area contributed by atoms with E-state index in [1.54, 1.807) is 7.11 Å². The Morgan fingerprint density at radius 3 is 2.06 bits per heavy atom. The first-order valence-electron chi connectivity index (χ1n) is 6.11. The van der Waals surface area contributed by atoms with Gasteiger partial charge in [-0.3, -0.25) is 4.99 Å². The van der Waals surface area contributed by atoms with E-state index >= 15 is 0 Å². The van der Waals surface area contributed by atoms with Crippen molar-refractivity contribution in [2.75, 3.05) is 7.11 Å². The summed E-state index contributed by atoms with van der Waals surface area (Å²) in [6.07, 6.45) is 1.85. The van der Waals surface area contributed by atoms with E-state index in [4.69, 9.17) is 4.74 Å². The molecule has 94 valence electrons.